The van der Waals surface area contributed by atoms with Gasteiger partial charge < -0.3 is 5.73 Å². The molecule has 0 unspecified atom stereocenters. The normalized spacial score (nSPS) is 10.4. The number of rotatable bonds is 2. The van der Waals surface area contributed by atoms with E-state index in [4.69, 9.17) is 5.73 Å². The zero-order valence-electron chi connectivity index (χ0n) is 8.81. The van der Waals surface area contributed by atoms with Gasteiger partial charge in [0.25, 0.3) is 11.5 Å². The number of aromatic nitrogens is 1. The Morgan fingerprint density at radius 1 is 1.29 bits per heavy atom. The fourth-order valence-corrected chi connectivity index (χ4v) is 2.25. The monoisotopic (exact) mass is 340 g/mol. The third kappa shape index (κ3) is 1.97. The SMILES string of the molecule is C=C(C(N)=O)n1ccc2c(I)cccc2c1=O. The van der Waals surface area contributed by atoms with Crippen molar-refractivity contribution in [3.63, 3.8) is 0 Å². The van der Waals surface area contributed by atoms with E-state index in [-0.39, 0.29) is 11.3 Å². The quantitative estimate of drug-likeness (QED) is 0.666. The molecule has 0 saturated carbocycles. The Kier molecular flexibility index (Phi) is 3.01. The van der Waals surface area contributed by atoms with Gasteiger partial charge in [0, 0.05) is 20.5 Å². The van der Waals surface area contributed by atoms with Gasteiger partial charge in [0.1, 0.15) is 5.70 Å². The second kappa shape index (κ2) is 4.33. The Hall–Kier alpha value is -1.63. The van der Waals surface area contributed by atoms with Gasteiger partial charge in [0.05, 0.1) is 0 Å². The zero-order chi connectivity index (χ0) is 12.6. The molecule has 0 aliphatic rings. The van der Waals surface area contributed by atoms with Gasteiger partial charge in [-0.3, -0.25) is 14.2 Å². The molecule has 0 bridgehead atoms. The molecule has 2 N–H and O–H groups in total. The van der Waals surface area contributed by atoms with E-state index in [1.54, 1.807) is 18.2 Å². The first-order chi connectivity index (χ1) is 8.02. The van der Waals surface area contributed by atoms with Crippen molar-refractivity contribution < 1.29 is 4.79 Å². The summed E-state index contributed by atoms with van der Waals surface area (Å²) in [6.45, 7) is 3.50. The Labute approximate surface area is 111 Å². The number of carbonyl (C=O) groups is 1. The Bertz CT molecular complexity index is 688. The fraction of sp³-hybridized carbons (Fsp3) is 0. The molecule has 0 aliphatic carbocycles. The highest BCUT2D eigenvalue weighted by Gasteiger charge is 2.09. The summed E-state index contributed by atoms with van der Waals surface area (Å²) in [5, 5.41) is 1.40. The lowest BCUT2D eigenvalue weighted by atomic mass is 10.2. The van der Waals surface area contributed by atoms with Gasteiger partial charge in [0.15, 0.2) is 0 Å². The molecule has 5 heteroatoms. The molecule has 17 heavy (non-hydrogen) atoms. The molecule has 0 radical (unpaired) electrons. The van der Waals surface area contributed by atoms with Gasteiger partial charge in [-0.05, 0) is 40.8 Å². The highest BCUT2D eigenvalue weighted by molar-refractivity contribution is 14.1. The summed E-state index contributed by atoms with van der Waals surface area (Å²) in [7, 11) is 0. The number of nitrogens with two attached hydrogens (primary N) is 1. The summed E-state index contributed by atoms with van der Waals surface area (Å²) in [4.78, 5) is 23.1. The van der Waals surface area contributed by atoms with Crippen molar-refractivity contribution in [2.45, 2.75) is 0 Å². The minimum absolute atomic E-state index is 0.0317. The van der Waals surface area contributed by atoms with E-state index in [0.29, 0.717) is 5.39 Å². The molecule has 1 amide bonds. The second-order valence-corrected chi connectivity index (χ2v) is 4.67. The molecular weight excluding hydrogens is 331 g/mol. The number of halogens is 1. The summed E-state index contributed by atoms with van der Waals surface area (Å²) >= 11 is 2.16. The van der Waals surface area contributed by atoms with Crippen molar-refractivity contribution >= 4 is 45.0 Å². The van der Waals surface area contributed by atoms with Crippen molar-refractivity contribution in [3.8, 4) is 0 Å². The number of carbonyl (C=O) groups excluding carboxylic acids is 1. The van der Waals surface area contributed by atoms with Gasteiger partial charge >= 0.3 is 0 Å². The van der Waals surface area contributed by atoms with Crippen LogP contribution in [0.4, 0.5) is 0 Å². The van der Waals surface area contributed by atoms with Crippen molar-refractivity contribution in [2.75, 3.05) is 0 Å². The molecule has 2 aromatic rings. The minimum atomic E-state index is -0.711. The van der Waals surface area contributed by atoms with E-state index in [1.165, 1.54) is 10.8 Å². The molecule has 0 saturated heterocycles. The number of benzene rings is 1. The van der Waals surface area contributed by atoms with Crippen molar-refractivity contribution in [3.05, 3.63) is 51.0 Å². The molecule has 0 aliphatic heterocycles. The number of hydrogen-bond acceptors (Lipinski definition) is 2. The van der Waals surface area contributed by atoms with Crippen LogP contribution in [0, 0.1) is 3.57 Å². The van der Waals surface area contributed by atoms with Gasteiger partial charge in [-0.15, -0.1) is 0 Å². The van der Waals surface area contributed by atoms with Crippen LogP contribution >= 0.6 is 22.6 Å². The van der Waals surface area contributed by atoms with E-state index < -0.39 is 5.91 Å². The van der Waals surface area contributed by atoms with Crippen LogP contribution in [0.1, 0.15) is 0 Å². The fourth-order valence-electron chi connectivity index (χ4n) is 1.57. The van der Waals surface area contributed by atoms with Gasteiger partial charge in [0.2, 0.25) is 0 Å². The molecule has 1 heterocycles. The van der Waals surface area contributed by atoms with Crippen LogP contribution in [0.25, 0.3) is 16.5 Å². The molecular formula is C12H9IN2O2. The van der Waals surface area contributed by atoms with Gasteiger partial charge in [-0.2, -0.15) is 0 Å². The lowest BCUT2D eigenvalue weighted by Gasteiger charge is -2.07. The van der Waals surface area contributed by atoms with Crippen LogP contribution in [0.5, 0.6) is 0 Å². The summed E-state index contributed by atoms with van der Waals surface area (Å²) in [5.74, 6) is -0.711. The number of fused-ring (bicyclic) bond motifs is 1. The lowest BCUT2D eigenvalue weighted by Crippen LogP contribution is -2.25. The first kappa shape index (κ1) is 11.8. The molecule has 0 fully saturated rings. The van der Waals surface area contributed by atoms with E-state index in [2.05, 4.69) is 29.2 Å². The Morgan fingerprint density at radius 2 is 2.00 bits per heavy atom. The standard InChI is InChI=1S/C12H9IN2O2/c1-7(11(14)16)15-6-5-8-9(12(15)17)3-2-4-10(8)13/h2-6H,1H2,(H2,14,16). The second-order valence-electron chi connectivity index (χ2n) is 3.50. The molecule has 1 aromatic carbocycles. The molecule has 4 nitrogen and oxygen atoms in total. The first-order valence-electron chi connectivity index (χ1n) is 4.81. The number of primary amides is 1. The molecule has 0 spiro atoms. The summed E-state index contributed by atoms with van der Waals surface area (Å²) in [6, 6.07) is 7.19. The maximum Gasteiger partial charge on any atom is 0.265 e. The van der Waals surface area contributed by atoms with Crippen LogP contribution in [0.2, 0.25) is 0 Å². The van der Waals surface area contributed by atoms with E-state index >= 15 is 0 Å². The summed E-state index contributed by atoms with van der Waals surface area (Å²) in [6.07, 6.45) is 1.51. The topological polar surface area (TPSA) is 65.1 Å². The minimum Gasteiger partial charge on any atom is -0.364 e. The average Bonchev–Trinajstić information content (AvgIpc) is 2.30. The average molecular weight is 340 g/mol. The number of amides is 1. The van der Waals surface area contributed by atoms with Crippen LogP contribution in [-0.4, -0.2) is 10.5 Å². The molecule has 2 rings (SSSR count). The molecule has 86 valence electrons. The van der Waals surface area contributed by atoms with Crippen LogP contribution in [0.3, 0.4) is 0 Å². The first-order valence-corrected chi connectivity index (χ1v) is 5.89. The van der Waals surface area contributed by atoms with E-state index in [9.17, 15) is 9.59 Å². The Balaban J connectivity index is 2.80. The lowest BCUT2D eigenvalue weighted by molar-refractivity contribution is -0.113. The smallest absolute Gasteiger partial charge is 0.265 e. The third-order valence-electron chi connectivity index (χ3n) is 2.47. The number of nitrogens with zero attached hydrogens (tertiary/aromatic N) is 1. The maximum atomic E-state index is 12.1. The van der Waals surface area contributed by atoms with Gasteiger partial charge in [-0.1, -0.05) is 12.6 Å². The maximum absolute atomic E-state index is 12.1. The predicted octanol–water partition coefficient (Wildman–Crippen LogP) is 1.56. The summed E-state index contributed by atoms with van der Waals surface area (Å²) in [5.41, 5.74) is 4.79. The van der Waals surface area contributed by atoms with Crippen LogP contribution in [0.15, 0.2) is 41.8 Å². The molecule has 1 aromatic heterocycles. The predicted molar refractivity (Wildman–Crippen MR) is 75.4 cm³/mol. The number of pyridine rings is 1. The zero-order valence-corrected chi connectivity index (χ0v) is 11.0. The van der Waals surface area contributed by atoms with Crippen molar-refractivity contribution in [1.82, 2.24) is 4.57 Å². The highest BCUT2D eigenvalue weighted by atomic mass is 127. The molecule has 0 atom stereocenters. The van der Waals surface area contributed by atoms with E-state index in [0.717, 1.165) is 8.96 Å². The Morgan fingerprint density at radius 3 is 2.65 bits per heavy atom. The highest BCUT2D eigenvalue weighted by Crippen LogP contribution is 2.17. The van der Waals surface area contributed by atoms with E-state index in [1.807, 2.05) is 6.07 Å². The summed E-state index contributed by atoms with van der Waals surface area (Å²) < 4.78 is 2.15. The van der Waals surface area contributed by atoms with Crippen LogP contribution in [-0.2, 0) is 4.79 Å². The number of hydrogen-bond donors (Lipinski definition) is 1. The van der Waals surface area contributed by atoms with Crippen molar-refractivity contribution in [1.29, 1.82) is 0 Å². The van der Waals surface area contributed by atoms with Crippen molar-refractivity contribution in [2.24, 2.45) is 5.73 Å². The van der Waals surface area contributed by atoms with Crippen LogP contribution < -0.4 is 11.3 Å². The third-order valence-corrected chi connectivity index (χ3v) is 3.41. The van der Waals surface area contributed by atoms with Gasteiger partial charge in [-0.25, -0.2) is 0 Å². The largest absolute Gasteiger partial charge is 0.364 e.